The molecule has 1 atom stereocenters. The Bertz CT molecular complexity index is 727. The summed E-state index contributed by atoms with van der Waals surface area (Å²) in [4.78, 5) is 12.0. The van der Waals surface area contributed by atoms with E-state index in [1.54, 1.807) is 31.3 Å². The summed E-state index contributed by atoms with van der Waals surface area (Å²) < 4.78 is 5.65. The van der Waals surface area contributed by atoms with Crippen LogP contribution in [-0.4, -0.2) is 18.2 Å². The maximum atomic E-state index is 12.0. The molecule has 24 heavy (non-hydrogen) atoms. The Labute approximate surface area is 147 Å². The number of benzene rings is 2. The number of carbonyl (C=O) groups is 1. The highest BCUT2D eigenvalue weighted by molar-refractivity contribution is 6.30. The second-order valence-electron chi connectivity index (χ2n) is 5.50. The Balaban J connectivity index is 1.89. The molecule has 4 nitrogen and oxygen atoms in total. The van der Waals surface area contributed by atoms with Gasteiger partial charge in [-0.05, 0) is 55.2 Å². The van der Waals surface area contributed by atoms with Crippen molar-refractivity contribution in [2.75, 3.05) is 0 Å². The number of amides is 1. The van der Waals surface area contributed by atoms with Crippen LogP contribution in [0.25, 0.3) is 0 Å². The molecule has 0 aliphatic rings. The van der Waals surface area contributed by atoms with E-state index in [0.717, 1.165) is 17.5 Å². The van der Waals surface area contributed by atoms with Crippen LogP contribution in [0.2, 0.25) is 5.02 Å². The third-order valence-corrected chi connectivity index (χ3v) is 3.82. The predicted molar refractivity (Wildman–Crippen MR) is 97.8 cm³/mol. The lowest BCUT2D eigenvalue weighted by Crippen LogP contribution is -2.33. The Morgan fingerprint density at radius 3 is 2.62 bits per heavy atom. The smallest absolute Gasteiger partial charge is 0.280 e. The summed E-state index contributed by atoms with van der Waals surface area (Å²) in [6.45, 7) is 5.66. The molecule has 2 aromatic rings. The fourth-order valence-electron chi connectivity index (χ4n) is 2.09. The zero-order valence-corrected chi connectivity index (χ0v) is 14.8. The first-order chi connectivity index (χ1) is 11.5. The van der Waals surface area contributed by atoms with Crippen molar-refractivity contribution in [2.45, 2.75) is 33.3 Å². The number of ether oxygens (including phenoxy) is 1. The van der Waals surface area contributed by atoms with E-state index in [4.69, 9.17) is 16.3 Å². The largest absolute Gasteiger partial charge is 0.481 e. The number of carbonyl (C=O) groups excluding carboxylic acids is 1. The molecule has 0 saturated heterocycles. The van der Waals surface area contributed by atoms with Crippen molar-refractivity contribution in [3.05, 3.63) is 64.2 Å². The molecule has 2 aromatic carbocycles. The van der Waals surface area contributed by atoms with Gasteiger partial charge in [-0.15, -0.1) is 0 Å². The molecule has 0 aromatic heterocycles. The van der Waals surface area contributed by atoms with Crippen LogP contribution < -0.4 is 10.2 Å². The second-order valence-corrected chi connectivity index (χ2v) is 5.94. The maximum absolute atomic E-state index is 12.0. The van der Waals surface area contributed by atoms with Crippen LogP contribution in [0, 0.1) is 6.92 Å². The molecule has 5 heteroatoms. The van der Waals surface area contributed by atoms with Crippen molar-refractivity contribution in [3.63, 3.8) is 0 Å². The number of hydrogen-bond donors (Lipinski definition) is 1. The van der Waals surface area contributed by atoms with Crippen molar-refractivity contribution < 1.29 is 9.53 Å². The minimum atomic E-state index is -0.663. The lowest BCUT2D eigenvalue weighted by molar-refractivity contribution is -0.127. The van der Waals surface area contributed by atoms with E-state index in [9.17, 15) is 4.79 Å². The molecule has 0 aliphatic heterocycles. The van der Waals surface area contributed by atoms with Crippen LogP contribution in [0.4, 0.5) is 0 Å². The van der Waals surface area contributed by atoms with Gasteiger partial charge in [-0.25, -0.2) is 5.43 Å². The summed E-state index contributed by atoms with van der Waals surface area (Å²) in [5.41, 5.74) is 5.55. The van der Waals surface area contributed by atoms with Gasteiger partial charge in [0.25, 0.3) is 5.91 Å². The van der Waals surface area contributed by atoms with E-state index in [-0.39, 0.29) is 5.91 Å². The average Bonchev–Trinajstić information content (AvgIpc) is 2.57. The standard InChI is InChI=1S/C19H21ClN2O2/c1-4-15-5-7-16(8-6-15)12-21-22-19(23)14(3)24-18-10-9-17(20)11-13(18)2/h5-12,14H,4H2,1-3H3,(H,22,23). The van der Waals surface area contributed by atoms with Crippen molar-refractivity contribution in [3.8, 4) is 5.75 Å². The fraction of sp³-hybridized carbons (Fsp3) is 0.263. The van der Waals surface area contributed by atoms with Gasteiger partial charge in [0, 0.05) is 5.02 Å². The van der Waals surface area contributed by atoms with Crippen molar-refractivity contribution >= 4 is 23.7 Å². The summed E-state index contributed by atoms with van der Waals surface area (Å²) in [6.07, 6.45) is 1.94. The summed E-state index contributed by atoms with van der Waals surface area (Å²) in [5, 5.41) is 4.61. The van der Waals surface area contributed by atoms with E-state index >= 15 is 0 Å². The number of nitrogens with one attached hydrogen (secondary N) is 1. The van der Waals surface area contributed by atoms with Crippen molar-refractivity contribution in [1.29, 1.82) is 0 Å². The molecule has 0 saturated carbocycles. The van der Waals surface area contributed by atoms with Gasteiger partial charge in [0.05, 0.1) is 6.21 Å². The Morgan fingerprint density at radius 2 is 2.00 bits per heavy atom. The highest BCUT2D eigenvalue weighted by atomic mass is 35.5. The van der Waals surface area contributed by atoms with Gasteiger partial charge in [0.15, 0.2) is 6.10 Å². The zero-order valence-electron chi connectivity index (χ0n) is 14.0. The fourth-order valence-corrected chi connectivity index (χ4v) is 2.32. The van der Waals surface area contributed by atoms with E-state index in [1.165, 1.54) is 5.56 Å². The van der Waals surface area contributed by atoms with Crippen LogP contribution >= 0.6 is 11.6 Å². The number of halogens is 1. The molecule has 126 valence electrons. The summed E-state index contributed by atoms with van der Waals surface area (Å²) in [6, 6.07) is 13.3. The van der Waals surface area contributed by atoms with Gasteiger partial charge in [-0.1, -0.05) is 42.8 Å². The van der Waals surface area contributed by atoms with Crippen molar-refractivity contribution in [1.82, 2.24) is 5.43 Å². The third-order valence-electron chi connectivity index (χ3n) is 3.59. The summed E-state index contributed by atoms with van der Waals surface area (Å²) in [5.74, 6) is 0.312. The highest BCUT2D eigenvalue weighted by Crippen LogP contribution is 2.22. The van der Waals surface area contributed by atoms with Crippen LogP contribution in [0.15, 0.2) is 47.6 Å². The average molecular weight is 345 g/mol. The molecule has 0 aliphatic carbocycles. The Hall–Kier alpha value is -2.33. The maximum Gasteiger partial charge on any atom is 0.280 e. The first-order valence-corrected chi connectivity index (χ1v) is 8.22. The monoisotopic (exact) mass is 344 g/mol. The number of rotatable bonds is 6. The van der Waals surface area contributed by atoms with Gasteiger partial charge in [-0.3, -0.25) is 4.79 Å². The second kappa shape index (κ2) is 8.50. The van der Waals surface area contributed by atoms with E-state index in [1.807, 2.05) is 31.2 Å². The highest BCUT2D eigenvalue weighted by Gasteiger charge is 2.15. The predicted octanol–water partition coefficient (Wildman–Crippen LogP) is 4.13. The molecule has 1 amide bonds. The van der Waals surface area contributed by atoms with Gasteiger partial charge < -0.3 is 4.74 Å². The van der Waals surface area contributed by atoms with Gasteiger partial charge >= 0.3 is 0 Å². The normalized spacial score (nSPS) is 12.2. The van der Waals surface area contributed by atoms with Crippen LogP contribution in [0.5, 0.6) is 5.75 Å². The minimum absolute atomic E-state index is 0.314. The molecule has 2 rings (SSSR count). The Kier molecular flexibility index (Phi) is 6.38. The first kappa shape index (κ1) is 18.0. The topological polar surface area (TPSA) is 50.7 Å². The number of hydrogen-bond acceptors (Lipinski definition) is 3. The lowest BCUT2D eigenvalue weighted by Gasteiger charge is -2.14. The lowest BCUT2D eigenvalue weighted by atomic mass is 10.1. The van der Waals surface area contributed by atoms with Gasteiger partial charge in [0.1, 0.15) is 5.75 Å². The zero-order chi connectivity index (χ0) is 17.5. The molecule has 0 fully saturated rings. The quantitative estimate of drug-likeness (QED) is 0.632. The molecule has 1 N–H and O–H groups in total. The SMILES string of the molecule is CCc1ccc(C=NNC(=O)C(C)Oc2ccc(Cl)cc2C)cc1. The van der Waals surface area contributed by atoms with E-state index in [0.29, 0.717) is 10.8 Å². The molecule has 1 unspecified atom stereocenters. The van der Waals surface area contributed by atoms with Crippen LogP contribution in [0.1, 0.15) is 30.5 Å². The Morgan fingerprint density at radius 1 is 1.29 bits per heavy atom. The molecular formula is C19H21ClN2O2. The minimum Gasteiger partial charge on any atom is -0.481 e. The molecule has 0 spiro atoms. The number of hydrazone groups is 1. The first-order valence-electron chi connectivity index (χ1n) is 7.84. The summed E-state index contributed by atoms with van der Waals surface area (Å²) in [7, 11) is 0. The third kappa shape index (κ3) is 5.10. The van der Waals surface area contributed by atoms with Crippen molar-refractivity contribution in [2.24, 2.45) is 5.10 Å². The van der Waals surface area contributed by atoms with Gasteiger partial charge in [-0.2, -0.15) is 5.10 Å². The van der Waals surface area contributed by atoms with Crippen LogP contribution in [0.3, 0.4) is 0 Å². The number of nitrogens with zero attached hydrogens (tertiary/aromatic N) is 1. The van der Waals surface area contributed by atoms with E-state index in [2.05, 4.69) is 17.5 Å². The van der Waals surface area contributed by atoms with Gasteiger partial charge in [0.2, 0.25) is 0 Å². The summed E-state index contributed by atoms with van der Waals surface area (Å²) >= 11 is 5.91. The molecule has 0 heterocycles. The van der Waals surface area contributed by atoms with E-state index < -0.39 is 6.10 Å². The molecule has 0 radical (unpaired) electrons. The van der Waals surface area contributed by atoms with Crippen LogP contribution in [-0.2, 0) is 11.2 Å². The molecular weight excluding hydrogens is 324 g/mol. The molecule has 0 bridgehead atoms. The number of aryl methyl sites for hydroxylation is 2.